The van der Waals surface area contributed by atoms with Crippen LogP contribution in [0.15, 0.2) is 0 Å². The fraction of sp³-hybridized carbons (Fsp3) is 1.00. The minimum atomic E-state index is 0. The van der Waals surface area contributed by atoms with E-state index < -0.39 is 0 Å². The monoisotopic (exact) mass is 332 g/mol. The van der Waals surface area contributed by atoms with Gasteiger partial charge in [-0.3, -0.25) is 0 Å². The molecule has 1 aliphatic rings. The fourth-order valence-corrected chi connectivity index (χ4v) is 3.03. The summed E-state index contributed by atoms with van der Waals surface area (Å²) in [6.07, 6.45) is 16.3. The van der Waals surface area contributed by atoms with Gasteiger partial charge < -0.3 is 0 Å². The van der Waals surface area contributed by atoms with Gasteiger partial charge in [0.05, 0.1) is 0 Å². The first-order chi connectivity index (χ1) is 6.83. The second kappa shape index (κ2) is 10.9. The van der Waals surface area contributed by atoms with Gasteiger partial charge in [-0.05, 0) is 31.1 Å². The Kier molecular flexibility index (Phi) is 13.1. The molecule has 0 aliphatic heterocycles. The van der Waals surface area contributed by atoms with E-state index in [1.165, 1.54) is 70.6 Å². The van der Waals surface area contributed by atoms with Gasteiger partial charge in [0.1, 0.15) is 0 Å². The number of hydrogen-bond donors (Lipinski definition) is 0. The minimum Gasteiger partial charge on any atom is -0.0776 e. The van der Waals surface area contributed by atoms with Crippen molar-refractivity contribution in [2.24, 2.45) is 5.41 Å². The summed E-state index contributed by atoms with van der Waals surface area (Å²) in [6, 6.07) is 0. The molecule has 0 aromatic heterocycles. The zero-order valence-electron chi connectivity index (χ0n) is 10.8. The van der Waals surface area contributed by atoms with E-state index >= 15 is 0 Å². The number of rotatable bonds is 6. The average Bonchev–Trinajstić information content (AvgIpc) is 2.25. The molecule has 0 aromatic carbocycles. The molecule has 0 nitrogen and oxygen atoms in total. The minimum absolute atomic E-state index is 0. The maximum absolute atomic E-state index is 2.33. The van der Waals surface area contributed by atoms with E-state index in [0.717, 1.165) is 5.41 Å². The SMILES string of the molecule is C.CCCCC1(CCCC)CCCCC1.[Sn]. The fourth-order valence-electron chi connectivity index (χ4n) is 3.03. The third kappa shape index (κ3) is 6.51. The van der Waals surface area contributed by atoms with Gasteiger partial charge in [0.15, 0.2) is 0 Å². The van der Waals surface area contributed by atoms with E-state index in [9.17, 15) is 0 Å². The van der Waals surface area contributed by atoms with E-state index in [1.807, 2.05) is 0 Å². The molecule has 1 rings (SSSR count). The molecule has 0 aromatic rings. The van der Waals surface area contributed by atoms with Gasteiger partial charge in [-0.15, -0.1) is 0 Å². The van der Waals surface area contributed by atoms with Crippen LogP contribution in [0.5, 0.6) is 0 Å². The van der Waals surface area contributed by atoms with Crippen molar-refractivity contribution in [2.75, 3.05) is 0 Å². The molecule has 16 heavy (non-hydrogen) atoms. The molecular weight excluding hydrogens is 299 g/mol. The molecule has 1 fully saturated rings. The molecule has 1 aliphatic carbocycles. The van der Waals surface area contributed by atoms with Gasteiger partial charge in [0, 0.05) is 23.9 Å². The summed E-state index contributed by atoms with van der Waals surface area (Å²) in [7, 11) is 0. The van der Waals surface area contributed by atoms with Crippen LogP contribution in [0.4, 0.5) is 0 Å². The molecule has 0 spiro atoms. The third-order valence-corrected chi connectivity index (χ3v) is 4.04. The molecule has 0 bridgehead atoms. The molecule has 0 heterocycles. The molecule has 0 amide bonds. The van der Waals surface area contributed by atoms with Crippen LogP contribution < -0.4 is 0 Å². The normalized spacial score (nSPS) is 18.4. The molecule has 1 saturated carbocycles. The van der Waals surface area contributed by atoms with E-state index in [-0.39, 0.29) is 31.3 Å². The molecule has 1 heteroatoms. The van der Waals surface area contributed by atoms with Crippen molar-refractivity contribution >= 4 is 23.9 Å². The first-order valence-electron chi connectivity index (χ1n) is 6.83. The Balaban J connectivity index is 0. The van der Waals surface area contributed by atoms with E-state index in [0.29, 0.717) is 0 Å². The van der Waals surface area contributed by atoms with Gasteiger partial charge in [-0.2, -0.15) is 0 Å². The van der Waals surface area contributed by atoms with Crippen molar-refractivity contribution < 1.29 is 0 Å². The van der Waals surface area contributed by atoms with Crippen LogP contribution in [0.3, 0.4) is 0 Å². The summed E-state index contributed by atoms with van der Waals surface area (Å²) < 4.78 is 0. The van der Waals surface area contributed by atoms with Gasteiger partial charge in [-0.25, -0.2) is 0 Å². The van der Waals surface area contributed by atoms with Crippen LogP contribution in [-0.4, -0.2) is 23.9 Å². The van der Waals surface area contributed by atoms with Crippen LogP contribution in [0.1, 0.15) is 91.9 Å². The second-order valence-corrected chi connectivity index (χ2v) is 5.27. The van der Waals surface area contributed by atoms with Gasteiger partial charge in [0.2, 0.25) is 0 Å². The van der Waals surface area contributed by atoms with Crippen molar-refractivity contribution in [3.05, 3.63) is 0 Å². The first-order valence-corrected chi connectivity index (χ1v) is 6.83. The van der Waals surface area contributed by atoms with E-state index in [2.05, 4.69) is 13.8 Å². The first kappa shape index (κ1) is 19.1. The predicted molar refractivity (Wildman–Crippen MR) is 77.1 cm³/mol. The summed E-state index contributed by atoms with van der Waals surface area (Å²) in [6.45, 7) is 4.66. The van der Waals surface area contributed by atoms with Crippen molar-refractivity contribution in [1.82, 2.24) is 0 Å². The van der Waals surface area contributed by atoms with Crippen LogP contribution in [0, 0.1) is 5.41 Å². The Hall–Kier alpha value is 0.799. The van der Waals surface area contributed by atoms with Crippen LogP contribution in [0.25, 0.3) is 0 Å². The smallest absolute Gasteiger partial charge is 0 e. The summed E-state index contributed by atoms with van der Waals surface area (Å²) in [5.74, 6) is 0. The molecule has 0 atom stereocenters. The molecule has 0 unspecified atom stereocenters. The Morgan fingerprint density at radius 2 is 1.25 bits per heavy atom. The molecule has 0 saturated heterocycles. The predicted octanol–water partition coefficient (Wildman–Crippen LogP) is 5.57. The zero-order valence-corrected chi connectivity index (χ0v) is 13.6. The van der Waals surface area contributed by atoms with Crippen molar-refractivity contribution in [3.8, 4) is 0 Å². The largest absolute Gasteiger partial charge is 0.0776 e. The van der Waals surface area contributed by atoms with Crippen molar-refractivity contribution in [3.63, 3.8) is 0 Å². The quantitative estimate of drug-likeness (QED) is 0.558. The number of hydrogen-bond acceptors (Lipinski definition) is 0. The summed E-state index contributed by atoms with van der Waals surface area (Å²) in [5.41, 5.74) is 0.782. The zero-order chi connectivity index (χ0) is 10.3. The summed E-state index contributed by atoms with van der Waals surface area (Å²) in [4.78, 5) is 0. The molecule has 96 valence electrons. The Morgan fingerprint density at radius 3 is 1.62 bits per heavy atom. The molecular formula is C15H32Sn. The summed E-state index contributed by atoms with van der Waals surface area (Å²) >= 11 is 0. The Bertz CT molecular complexity index is 126. The number of unbranched alkanes of at least 4 members (excludes halogenated alkanes) is 2. The Morgan fingerprint density at radius 1 is 0.812 bits per heavy atom. The summed E-state index contributed by atoms with van der Waals surface area (Å²) in [5, 5.41) is 0. The van der Waals surface area contributed by atoms with Gasteiger partial charge in [0.25, 0.3) is 0 Å². The molecule has 0 N–H and O–H groups in total. The maximum Gasteiger partial charge on any atom is 0 e. The second-order valence-electron chi connectivity index (χ2n) is 5.27. The van der Waals surface area contributed by atoms with Crippen molar-refractivity contribution in [2.45, 2.75) is 91.9 Å². The molecule has 4 radical (unpaired) electrons. The van der Waals surface area contributed by atoms with E-state index in [1.54, 1.807) is 0 Å². The van der Waals surface area contributed by atoms with Gasteiger partial charge >= 0.3 is 0 Å². The van der Waals surface area contributed by atoms with Crippen LogP contribution in [0.2, 0.25) is 0 Å². The van der Waals surface area contributed by atoms with Gasteiger partial charge in [-0.1, -0.05) is 66.2 Å². The van der Waals surface area contributed by atoms with Crippen LogP contribution >= 0.6 is 0 Å². The average molecular weight is 331 g/mol. The standard InChI is InChI=1S/C14H28.CH4.Sn/c1-3-5-10-14(11-6-4-2)12-8-7-9-13-14;;/h3-13H2,1-2H3;1H4;. The van der Waals surface area contributed by atoms with Crippen LogP contribution in [-0.2, 0) is 0 Å². The Labute approximate surface area is 121 Å². The third-order valence-electron chi connectivity index (χ3n) is 4.04. The topological polar surface area (TPSA) is 0 Å². The van der Waals surface area contributed by atoms with Crippen molar-refractivity contribution in [1.29, 1.82) is 0 Å². The van der Waals surface area contributed by atoms with E-state index in [4.69, 9.17) is 0 Å². The maximum atomic E-state index is 2.33.